The number of aromatic nitrogens is 3. The van der Waals surface area contributed by atoms with Gasteiger partial charge < -0.3 is 4.42 Å². The molecule has 11 aromatic rings. The Morgan fingerprint density at radius 2 is 0.815 bits per heavy atom. The molecule has 0 N–H and O–H groups in total. The van der Waals surface area contributed by atoms with Crippen molar-refractivity contribution in [1.82, 2.24) is 15.0 Å². The number of para-hydroxylation sites is 1. The molecule has 2 aliphatic rings. The predicted molar refractivity (Wildman–Crippen MR) is 264 cm³/mol. The molecule has 0 saturated carbocycles. The molecule has 0 unspecified atom stereocenters. The molecule has 2 aliphatic carbocycles. The molecule has 65 heavy (non-hydrogen) atoms. The summed E-state index contributed by atoms with van der Waals surface area (Å²) in [5.74, 6) is 1.89. The molecular weight excluding hydrogens is 791 g/mol. The van der Waals surface area contributed by atoms with E-state index in [2.05, 4.69) is 190 Å². The zero-order valence-corrected chi connectivity index (χ0v) is 36.0. The van der Waals surface area contributed by atoms with Crippen molar-refractivity contribution < 1.29 is 4.42 Å². The Morgan fingerprint density at radius 3 is 1.52 bits per heavy atom. The van der Waals surface area contributed by atoms with Crippen LogP contribution in [0.4, 0.5) is 0 Å². The molecule has 0 amide bonds. The fraction of sp³-hybridized carbons (Fsp3) is 0.0656. The molecule has 0 atom stereocenters. The summed E-state index contributed by atoms with van der Waals surface area (Å²) < 4.78 is 6.43. The van der Waals surface area contributed by atoms with E-state index in [1.807, 2.05) is 36.4 Å². The van der Waals surface area contributed by atoms with Gasteiger partial charge >= 0.3 is 0 Å². The highest BCUT2D eigenvalue weighted by atomic mass is 16.3. The van der Waals surface area contributed by atoms with E-state index in [1.54, 1.807) is 0 Å². The van der Waals surface area contributed by atoms with Gasteiger partial charge in [-0.2, -0.15) is 0 Å². The first-order valence-electron chi connectivity index (χ1n) is 22.3. The molecule has 306 valence electrons. The number of furan rings is 1. The molecule has 0 aliphatic heterocycles. The highest BCUT2D eigenvalue weighted by Crippen LogP contribution is 2.63. The van der Waals surface area contributed by atoms with E-state index in [1.165, 1.54) is 38.9 Å². The predicted octanol–water partition coefficient (Wildman–Crippen LogP) is 15.1. The van der Waals surface area contributed by atoms with Crippen LogP contribution in [0.15, 0.2) is 217 Å². The van der Waals surface area contributed by atoms with Crippen LogP contribution >= 0.6 is 0 Å². The zero-order valence-electron chi connectivity index (χ0n) is 36.0. The van der Waals surface area contributed by atoms with Gasteiger partial charge in [0.05, 0.1) is 5.41 Å². The Bertz CT molecular complexity index is 3630. The van der Waals surface area contributed by atoms with E-state index < -0.39 is 5.41 Å². The molecule has 1 spiro atoms. The third-order valence-corrected chi connectivity index (χ3v) is 14.0. The second kappa shape index (κ2) is 14.2. The zero-order chi connectivity index (χ0) is 43.3. The summed E-state index contributed by atoms with van der Waals surface area (Å²) in [6.07, 6.45) is 0. The van der Waals surface area contributed by atoms with Crippen LogP contribution in [0.1, 0.15) is 47.2 Å². The van der Waals surface area contributed by atoms with Crippen LogP contribution in [0.5, 0.6) is 0 Å². The van der Waals surface area contributed by atoms with Gasteiger partial charge in [0.1, 0.15) is 11.2 Å². The van der Waals surface area contributed by atoms with E-state index in [9.17, 15) is 0 Å². The number of hydrogen-bond donors (Lipinski definition) is 0. The summed E-state index contributed by atoms with van der Waals surface area (Å²) in [4.78, 5) is 15.9. The van der Waals surface area contributed by atoms with Crippen molar-refractivity contribution in [1.29, 1.82) is 0 Å². The average molecular weight is 832 g/mol. The largest absolute Gasteiger partial charge is 0.456 e. The third-order valence-electron chi connectivity index (χ3n) is 14.0. The summed E-state index contributed by atoms with van der Waals surface area (Å²) in [7, 11) is 0. The van der Waals surface area contributed by atoms with Crippen LogP contribution in [0, 0.1) is 0 Å². The van der Waals surface area contributed by atoms with Gasteiger partial charge in [-0.05, 0) is 91.0 Å². The van der Waals surface area contributed by atoms with E-state index in [0.717, 1.165) is 66.4 Å². The van der Waals surface area contributed by atoms with Crippen LogP contribution in [0.25, 0.3) is 89.5 Å². The third kappa shape index (κ3) is 5.53. The number of nitrogens with zero attached hydrogens (tertiary/aromatic N) is 3. The first-order chi connectivity index (χ1) is 32.0. The van der Waals surface area contributed by atoms with Crippen molar-refractivity contribution in [2.75, 3.05) is 0 Å². The summed E-state index contributed by atoms with van der Waals surface area (Å²) >= 11 is 0. The first-order valence-corrected chi connectivity index (χ1v) is 22.3. The molecule has 13 rings (SSSR count). The van der Waals surface area contributed by atoms with Gasteiger partial charge in [-0.15, -0.1) is 0 Å². The summed E-state index contributed by atoms with van der Waals surface area (Å²) in [5, 5.41) is 2.24. The molecule has 4 nitrogen and oxygen atoms in total. The second-order valence-corrected chi connectivity index (χ2v) is 17.9. The van der Waals surface area contributed by atoms with Crippen LogP contribution in [-0.2, 0) is 10.8 Å². The van der Waals surface area contributed by atoms with Crippen molar-refractivity contribution >= 4 is 21.9 Å². The molecule has 0 fully saturated rings. The minimum absolute atomic E-state index is 0.218. The van der Waals surface area contributed by atoms with Crippen LogP contribution in [0.2, 0.25) is 0 Å². The highest BCUT2D eigenvalue weighted by Gasteiger charge is 2.54. The lowest BCUT2D eigenvalue weighted by Gasteiger charge is -2.46. The lowest BCUT2D eigenvalue weighted by Crippen LogP contribution is -2.40. The Kier molecular flexibility index (Phi) is 8.13. The van der Waals surface area contributed by atoms with Crippen molar-refractivity contribution in [3.05, 3.63) is 246 Å². The summed E-state index contributed by atoms with van der Waals surface area (Å²) in [6.45, 7) is 4.73. The van der Waals surface area contributed by atoms with Gasteiger partial charge in [0.25, 0.3) is 0 Å². The van der Waals surface area contributed by atoms with Gasteiger partial charge in [-0.3, -0.25) is 0 Å². The van der Waals surface area contributed by atoms with Crippen molar-refractivity contribution in [3.63, 3.8) is 0 Å². The quantitative estimate of drug-likeness (QED) is 0.173. The lowest BCUT2D eigenvalue weighted by atomic mass is 9.55. The van der Waals surface area contributed by atoms with E-state index in [-0.39, 0.29) is 5.41 Å². The van der Waals surface area contributed by atoms with E-state index >= 15 is 0 Å². The van der Waals surface area contributed by atoms with E-state index in [4.69, 9.17) is 19.4 Å². The first kappa shape index (κ1) is 37.4. The molecule has 2 aromatic heterocycles. The maximum Gasteiger partial charge on any atom is 0.164 e. The number of rotatable bonds is 5. The minimum Gasteiger partial charge on any atom is -0.456 e. The van der Waals surface area contributed by atoms with Crippen LogP contribution in [-0.4, -0.2) is 15.0 Å². The maximum atomic E-state index is 6.43. The van der Waals surface area contributed by atoms with Gasteiger partial charge in [0.15, 0.2) is 17.5 Å². The number of benzene rings is 9. The molecule has 0 radical (unpaired) electrons. The normalized spacial score (nSPS) is 13.9. The Hall–Kier alpha value is -8.21. The second-order valence-electron chi connectivity index (χ2n) is 17.9. The SMILES string of the molecule is CC1(C)c2ccccc2C2(c3ccc(-c4ccc5c(c4)oc4ccccc45)cc3-c3c(-c4nc(-c5ccccc5)nc(-c5ccc(-c6ccccc6)cc5)n4)cccc32)c2ccccc21. The number of hydrogen-bond acceptors (Lipinski definition) is 4. The molecule has 4 heteroatoms. The van der Waals surface area contributed by atoms with Crippen LogP contribution in [0.3, 0.4) is 0 Å². The number of fused-ring (bicyclic) bond motifs is 12. The van der Waals surface area contributed by atoms with Gasteiger partial charge in [-0.25, -0.2) is 15.0 Å². The fourth-order valence-electron chi connectivity index (χ4n) is 11.0. The monoisotopic (exact) mass is 831 g/mol. The van der Waals surface area contributed by atoms with Crippen molar-refractivity contribution in [2.45, 2.75) is 24.7 Å². The minimum atomic E-state index is -0.601. The maximum absolute atomic E-state index is 6.43. The molecule has 0 saturated heterocycles. The van der Waals surface area contributed by atoms with E-state index in [0.29, 0.717) is 17.5 Å². The van der Waals surface area contributed by atoms with Crippen molar-refractivity contribution in [2.24, 2.45) is 0 Å². The fourth-order valence-corrected chi connectivity index (χ4v) is 11.0. The standard InChI is InChI=1S/C61H41N3O/c1-60(2)49-22-10-12-24-51(49)61(52-25-13-11-23-50(52)60)48-35-33-42(43-32-34-45-44-20-9-14-27-54(44)65-55(45)37-43)36-47(48)56-46(21-15-26-53(56)61)59-63-57(40-18-7-4-8-19-40)62-58(64-59)41-30-28-39(29-31-41)38-16-5-3-6-17-38/h3-37H,1-2H3. The lowest BCUT2D eigenvalue weighted by molar-refractivity contribution is 0.563. The van der Waals surface area contributed by atoms with Crippen LogP contribution < -0.4 is 0 Å². The summed E-state index contributed by atoms with van der Waals surface area (Å²) in [6, 6.07) is 76.1. The van der Waals surface area contributed by atoms with Crippen molar-refractivity contribution in [3.8, 4) is 67.5 Å². The Balaban J connectivity index is 1.08. The van der Waals surface area contributed by atoms with Gasteiger partial charge in [-0.1, -0.05) is 202 Å². The topological polar surface area (TPSA) is 51.8 Å². The van der Waals surface area contributed by atoms with Gasteiger partial charge in [0, 0.05) is 32.9 Å². The van der Waals surface area contributed by atoms with Gasteiger partial charge in [0.2, 0.25) is 0 Å². The summed E-state index contributed by atoms with van der Waals surface area (Å²) in [5.41, 5.74) is 18.3. The molecule has 2 heterocycles. The molecule has 0 bridgehead atoms. The Labute approximate surface area is 377 Å². The smallest absolute Gasteiger partial charge is 0.164 e. The molecule has 9 aromatic carbocycles. The highest BCUT2D eigenvalue weighted by molar-refractivity contribution is 6.06. The Morgan fingerprint density at radius 1 is 0.323 bits per heavy atom. The molecular formula is C61H41N3O. The average Bonchev–Trinajstić information content (AvgIpc) is 3.89.